The van der Waals surface area contributed by atoms with Gasteiger partial charge in [-0.3, -0.25) is 0 Å². The first kappa shape index (κ1) is 21.4. The van der Waals surface area contributed by atoms with E-state index in [4.69, 9.17) is 4.74 Å². The smallest absolute Gasteiger partial charge is 0.421 e. The predicted octanol–water partition coefficient (Wildman–Crippen LogP) is 6.30. The summed E-state index contributed by atoms with van der Waals surface area (Å²) in [6.07, 6.45) is -3.20. The number of benzene rings is 2. The van der Waals surface area contributed by atoms with Crippen LogP contribution in [-0.4, -0.2) is 16.1 Å². The average molecular weight is 420 g/mol. The number of anilines is 4. The fourth-order valence-electron chi connectivity index (χ4n) is 2.51. The van der Waals surface area contributed by atoms with Crippen LogP contribution in [0, 0.1) is 5.82 Å². The minimum Gasteiger partial charge on any atom is -0.491 e. The van der Waals surface area contributed by atoms with Gasteiger partial charge in [0, 0.05) is 23.6 Å². The highest BCUT2D eigenvalue weighted by Crippen LogP contribution is 2.35. The SMILES string of the molecule is CCC(C)Oc1cccc(Nc2nc(Nc3ccc(F)cc3)ncc2C(F)(F)F)c1. The minimum atomic E-state index is -4.65. The van der Waals surface area contributed by atoms with E-state index >= 15 is 0 Å². The molecule has 3 rings (SSSR count). The third-order valence-corrected chi connectivity index (χ3v) is 4.20. The second-order valence-electron chi connectivity index (χ2n) is 6.58. The summed E-state index contributed by atoms with van der Waals surface area (Å²) >= 11 is 0. The van der Waals surface area contributed by atoms with Gasteiger partial charge in [0.1, 0.15) is 22.9 Å². The number of nitrogens with one attached hydrogen (secondary N) is 2. The zero-order valence-electron chi connectivity index (χ0n) is 16.3. The number of alkyl halides is 3. The lowest BCUT2D eigenvalue weighted by Gasteiger charge is -2.16. The molecule has 9 heteroatoms. The number of rotatable bonds is 7. The lowest BCUT2D eigenvalue weighted by Crippen LogP contribution is -2.13. The van der Waals surface area contributed by atoms with Gasteiger partial charge in [-0.2, -0.15) is 18.2 Å². The van der Waals surface area contributed by atoms with Crippen molar-refractivity contribution in [2.75, 3.05) is 10.6 Å². The van der Waals surface area contributed by atoms with Crippen molar-refractivity contribution in [3.8, 4) is 5.75 Å². The minimum absolute atomic E-state index is 0.0310. The summed E-state index contributed by atoms with van der Waals surface area (Å²) in [5.41, 5.74) is -0.195. The average Bonchev–Trinajstić information content (AvgIpc) is 2.69. The largest absolute Gasteiger partial charge is 0.491 e. The first-order valence-electron chi connectivity index (χ1n) is 9.25. The molecule has 158 valence electrons. The maximum Gasteiger partial charge on any atom is 0.421 e. The van der Waals surface area contributed by atoms with E-state index in [2.05, 4.69) is 20.6 Å². The first-order chi connectivity index (χ1) is 14.2. The lowest BCUT2D eigenvalue weighted by atomic mass is 10.2. The first-order valence-corrected chi connectivity index (χ1v) is 9.25. The van der Waals surface area contributed by atoms with Crippen LogP contribution in [0.1, 0.15) is 25.8 Å². The number of nitrogens with zero attached hydrogens (tertiary/aromatic N) is 2. The summed E-state index contributed by atoms with van der Waals surface area (Å²) in [6.45, 7) is 3.87. The quantitative estimate of drug-likeness (QED) is 0.440. The third kappa shape index (κ3) is 5.59. The highest BCUT2D eigenvalue weighted by Gasteiger charge is 2.35. The van der Waals surface area contributed by atoms with E-state index in [1.165, 1.54) is 24.3 Å². The van der Waals surface area contributed by atoms with Crippen molar-refractivity contribution in [1.82, 2.24) is 9.97 Å². The van der Waals surface area contributed by atoms with Gasteiger partial charge in [-0.1, -0.05) is 13.0 Å². The Balaban J connectivity index is 1.89. The van der Waals surface area contributed by atoms with Gasteiger partial charge in [-0.05, 0) is 49.7 Å². The highest BCUT2D eigenvalue weighted by molar-refractivity contribution is 5.64. The van der Waals surface area contributed by atoms with Crippen molar-refractivity contribution in [2.24, 2.45) is 0 Å². The molecule has 0 saturated carbocycles. The standard InChI is InChI=1S/C21H20F4N4O/c1-3-13(2)30-17-6-4-5-16(11-17)27-19-18(21(23,24)25)12-26-20(29-19)28-15-9-7-14(22)8-10-15/h4-13H,3H2,1-2H3,(H2,26,27,28,29). The number of aromatic nitrogens is 2. The Kier molecular flexibility index (Phi) is 6.39. The maximum absolute atomic E-state index is 13.4. The number of hydrogen-bond acceptors (Lipinski definition) is 5. The molecule has 1 atom stereocenters. The van der Waals surface area contributed by atoms with Gasteiger partial charge in [0.25, 0.3) is 0 Å². The molecule has 0 saturated heterocycles. The molecule has 0 aliphatic rings. The fraction of sp³-hybridized carbons (Fsp3) is 0.238. The molecule has 2 N–H and O–H groups in total. The Morgan fingerprint density at radius 1 is 1.03 bits per heavy atom. The van der Waals surface area contributed by atoms with Gasteiger partial charge in [0.15, 0.2) is 0 Å². The van der Waals surface area contributed by atoms with Crippen molar-refractivity contribution in [2.45, 2.75) is 32.5 Å². The summed E-state index contributed by atoms with van der Waals surface area (Å²) in [6, 6.07) is 11.9. The summed E-state index contributed by atoms with van der Waals surface area (Å²) in [4.78, 5) is 7.70. The molecule has 1 heterocycles. The van der Waals surface area contributed by atoms with Gasteiger partial charge in [-0.15, -0.1) is 0 Å². The topological polar surface area (TPSA) is 59.1 Å². The molecule has 30 heavy (non-hydrogen) atoms. The van der Waals surface area contributed by atoms with Gasteiger partial charge in [-0.25, -0.2) is 9.37 Å². The van der Waals surface area contributed by atoms with Gasteiger partial charge >= 0.3 is 6.18 Å². The molecule has 0 radical (unpaired) electrons. The summed E-state index contributed by atoms with van der Waals surface area (Å²) in [7, 11) is 0. The van der Waals surface area contributed by atoms with Crippen molar-refractivity contribution >= 4 is 23.1 Å². The highest BCUT2D eigenvalue weighted by atomic mass is 19.4. The number of ether oxygens (including phenoxy) is 1. The van der Waals surface area contributed by atoms with Gasteiger partial charge in [0.2, 0.25) is 5.95 Å². The van der Waals surface area contributed by atoms with Crippen LogP contribution in [0.5, 0.6) is 5.75 Å². The van der Waals surface area contributed by atoms with Crippen LogP contribution in [-0.2, 0) is 6.18 Å². The van der Waals surface area contributed by atoms with Crippen LogP contribution < -0.4 is 15.4 Å². The molecule has 0 bridgehead atoms. The zero-order valence-corrected chi connectivity index (χ0v) is 16.3. The van der Waals surface area contributed by atoms with E-state index in [-0.39, 0.29) is 12.1 Å². The van der Waals surface area contributed by atoms with E-state index in [1.54, 1.807) is 24.3 Å². The van der Waals surface area contributed by atoms with Crippen molar-refractivity contribution in [3.63, 3.8) is 0 Å². The molecule has 2 aromatic carbocycles. The van der Waals surface area contributed by atoms with Crippen LogP contribution in [0.3, 0.4) is 0 Å². The second-order valence-corrected chi connectivity index (χ2v) is 6.58. The zero-order chi connectivity index (χ0) is 21.7. The van der Waals surface area contributed by atoms with E-state index in [1.807, 2.05) is 13.8 Å². The Labute approximate surface area is 171 Å². The third-order valence-electron chi connectivity index (χ3n) is 4.20. The second kappa shape index (κ2) is 8.98. The predicted molar refractivity (Wildman–Crippen MR) is 107 cm³/mol. The summed E-state index contributed by atoms with van der Waals surface area (Å²) in [5, 5.41) is 5.46. The summed E-state index contributed by atoms with van der Waals surface area (Å²) in [5.74, 6) is -0.385. The fourth-order valence-corrected chi connectivity index (χ4v) is 2.51. The van der Waals surface area contributed by atoms with E-state index in [0.717, 1.165) is 6.42 Å². The molecular formula is C21H20F4N4O. The number of hydrogen-bond donors (Lipinski definition) is 2. The summed E-state index contributed by atoms with van der Waals surface area (Å²) < 4.78 is 59.1. The molecule has 5 nitrogen and oxygen atoms in total. The molecule has 0 aliphatic heterocycles. The Hall–Kier alpha value is -3.36. The maximum atomic E-state index is 13.4. The van der Waals surface area contributed by atoms with Gasteiger partial charge in [0.05, 0.1) is 6.10 Å². The molecule has 1 unspecified atom stereocenters. The van der Waals surface area contributed by atoms with Crippen molar-refractivity contribution in [3.05, 3.63) is 66.1 Å². The van der Waals surface area contributed by atoms with Crippen molar-refractivity contribution in [1.29, 1.82) is 0 Å². The molecule has 0 spiro atoms. The van der Waals surface area contributed by atoms with Crippen molar-refractivity contribution < 1.29 is 22.3 Å². The van der Waals surface area contributed by atoms with Crippen LogP contribution >= 0.6 is 0 Å². The normalized spacial score (nSPS) is 12.3. The molecular weight excluding hydrogens is 400 g/mol. The molecule has 0 amide bonds. The van der Waals surface area contributed by atoms with E-state index < -0.39 is 23.4 Å². The molecule has 0 fully saturated rings. The Bertz CT molecular complexity index is 993. The monoisotopic (exact) mass is 420 g/mol. The Morgan fingerprint density at radius 3 is 2.43 bits per heavy atom. The lowest BCUT2D eigenvalue weighted by molar-refractivity contribution is -0.137. The number of halogens is 4. The van der Waals surface area contributed by atoms with Crippen LogP contribution in [0.4, 0.5) is 40.7 Å². The van der Waals surface area contributed by atoms with Crippen LogP contribution in [0.15, 0.2) is 54.7 Å². The van der Waals surface area contributed by atoms with Crippen LogP contribution in [0.2, 0.25) is 0 Å². The van der Waals surface area contributed by atoms with E-state index in [0.29, 0.717) is 23.3 Å². The van der Waals surface area contributed by atoms with E-state index in [9.17, 15) is 17.6 Å². The van der Waals surface area contributed by atoms with Gasteiger partial charge < -0.3 is 15.4 Å². The molecule has 3 aromatic rings. The molecule has 0 aliphatic carbocycles. The van der Waals surface area contributed by atoms with Crippen LogP contribution in [0.25, 0.3) is 0 Å². The molecule has 1 aromatic heterocycles. The Morgan fingerprint density at radius 2 is 1.77 bits per heavy atom.